The molecule has 1 aromatic carbocycles. The third kappa shape index (κ3) is 6.26. The van der Waals surface area contributed by atoms with Crippen molar-refractivity contribution >= 4 is 5.57 Å². The molecular weight excluding hydrogens is 374 g/mol. The van der Waals surface area contributed by atoms with Crippen molar-refractivity contribution in [3.8, 4) is 0 Å². The van der Waals surface area contributed by atoms with E-state index in [0.717, 1.165) is 29.8 Å². The first-order chi connectivity index (χ1) is 13.9. The van der Waals surface area contributed by atoms with Crippen LogP contribution in [0.5, 0.6) is 0 Å². The molecule has 1 aliphatic rings. The highest BCUT2D eigenvalue weighted by atomic mass is 19.1. The molecule has 1 heterocycles. The van der Waals surface area contributed by atoms with Gasteiger partial charge in [0.25, 0.3) is 0 Å². The summed E-state index contributed by atoms with van der Waals surface area (Å²) in [6.07, 6.45) is 2.66. The molecule has 3 N–H and O–H groups in total. The largest absolute Gasteiger partial charge is 0.401 e. The van der Waals surface area contributed by atoms with E-state index in [2.05, 4.69) is 5.32 Å². The lowest BCUT2D eigenvalue weighted by Gasteiger charge is -2.32. The highest BCUT2D eigenvalue weighted by molar-refractivity contribution is 5.68. The van der Waals surface area contributed by atoms with E-state index < -0.39 is 18.8 Å². The van der Waals surface area contributed by atoms with Crippen LogP contribution in [-0.2, 0) is 4.74 Å². The van der Waals surface area contributed by atoms with E-state index >= 15 is 0 Å². The Morgan fingerprint density at radius 3 is 2.62 bits per heavy atom. The van der Waals surface area contributed by atoms with E-state index in [9.17, 15) is 8.78 Å². The number of nitrogens with one attached hydrogen (secondary N) is 1. The number of benzene rings is 1. The van der Waals surface area contributed by atoms with Gasteiger partial charge in [-0.3, -0.25) is 4.90 Å². The maximum Gasteiger partial charge on any atom is 0.118 e. The molecule has 1 aliphatic heterocycles. The zero-order chi connectivity index (χ0) is 21.4. The van der Waals surface area contributed by atoms with Crippen LogP contribution in [0.4, 0.5) is 8.78 Å². The first-order valence-electron chi connectivity index (χ1n) is 9.99. The number of likely N-dealkylation sites (N-methyl/N-ethyl adjacent to an activating group) is 2. The Labute approximate surface area is 173 Å². The Hall–Kier alpha value is -1.96. The van der Waals surface area contributed by atoms with Crippen LogP contribution in [0.1, 0.15) is 30.1 Å². The summed E-state index contributed by atoms with van der Waals surface area (Å²) in [5.41, 5.74) is 9.18. The molecule has 2 atom stereocenters. The van der Waals surface area contributed by atoms with Crippen molar-refractivity contribution in [3.05, 3.63) is 53.1 Å². The first kappa shape index (κ1) is 23.3. The third-order valence-corrected chi connectivity index (χ3v) is 5.39. The van der Waals surface area contributed by atoms with Gasteiger partial charge in [0.1, 0.15) is 18.6 Å². The molecule has 0 spiro atoms. The molecular formula is C22H34F2N4O. The number of nitrogens with zero attached hydrogens (tertiary/aromatic N) is 2. The van der Waals surface area contributed by atoms with Gasteiger partial charge in [-0.15, -0.1) is 0 Å². The normalized spacial score (nSPS) is 18.1. The number of hydrogen-bond acceptors (Lipinski definition) is 5. The zero-order valence-electron chi connectivity index (χ0n) is 17.9. The van der Waals surface area contributed by atoms with Gasteiger partial charge in [0, 0.05) is 45.6 Å². The van der Waals surface area contributed by atoms with Gasteiger partial charge in [0.15, 0.2) is 0 Å². The predicted molar refractivity (Wildman–Crippen MR) is 115 cm³/mol. The van der Waals surface area contributed by atoms with E-state index in [0.29, 0.717) is 25.1 Å². The average Bonchev–Trinajstić information content (AvgIpc) is 2.70. The predicted octanol–water partition coefficient (Wildman–Crippen LogP) is 3.07. The molecule has 0 saturated heterocycles. The summed E-state index contributed by atoms with van der Waals surface area (Å²) < 4.78 is 33.9. The fourth-order valence-electron chi connectivity index (χ4n) is 3.63. The molecule has 0 aromatic heterocycles. The van der Waals surface area contributed by atoms with Crippen LogP contribution in [0.3, 0.4) is 0 Å². The van der Waals surface area contributed by atoms with Gasteiger partial charge >= 0.3 is 0 Å². The van der Waals surface area contributed by atoms with Crippen LogP contribution in [0, 0.1) is 0 Å². The summed E-state index contributed by atoms with van der Waals surface area (Å²) in [4.78, 5) is 3.73. The second-order valence-corrected chi connectivity index (χ2v) is 7.59. The van der Waals surface area contributed by atoms with Gasteiger partial charge in [-0.25, -0.2) is 8.78 Å². The topological polar surface area (TPSA) is 53.8 Å². The highest BCUT2D eigenvalue weighted by Gasteiger charge is 2.26. The fourth-order valence-corrected chi connectivity index (χ4v) is 3.63. The smallest absolute Gasteiger partial charge is 0.118 e. The van der Waals surface area contributed by atoms with Crippen LogP contribution in [-0.4, -0.2) is 70.4 Å². The van der Waals surface area contributed by atoms with Crippen molar-refractivity contribution < 1.29 is 13.5 Å². The molecule has 0 aliphatic carbocycles. The van der Waals surface area contributed by atoms with Gasteiger partial charge in [-0.2, -0.15) is 0 Å². The summed E-state index contributed by atoms with van der Waals surface area (Å²) in [6, 6.07) is 7.07. The molecule has 0 fully saturated rings. The third-order valence-electron chi connectivity index (χ3n) is 5.39. The number of hydrogen-bond donors (Lipinski definition) is 2. The molecule has 2 rings (SSSR count). The lowest BCUT2D eigenvalue weighted by molar-refractivity contribution is 0.0269. The number of methoxy groups -OCH3 is 1. The maximum absolute atomic E-state index is 14.3. The number of halogens is 2. The van der Waals surface area contributed by atoms with Crippen molar-refractivity contribution in [2.75, 3.05) is 54.6 Å². The van der Waals surface area contributed by atoms with Gasteiger partial charge in [0.05, 0.1) is 12.6 Å². The SMILES string of the molecule is CNCC/C(N)=C/N(C)[C@H](CF)[C@H](OC)c1ccc(C2=C(F)CN(C)CC2)cc1. The molecule has 0 amide bonds. The fraction of sp³-hybridized carbons (Fsp3) is 0.545. The molecule has 7 heteroatoms. The number of alkyl halides is 1. The van der Waals surface area contributed by atoms with Crippen LogP contribution in [0.2, 0.25) is 0 Å². The van der Waals surface area contributed by atoms with Gasteiger partial charge in [0.2, 0.25) is 0 Å². The van der Waals surface area contributed by atoms with Crippen LogP contribution >= 0.6 is 0 Å². The second-order valence-electron chi connectivity index (χ2n) is 7.59. The van der Waals surface area contributed by atoms with E-state index in [4.69, 9.17) is 10.5 Å². The molecule has 0 radical (unpaired) electrons. The minimum atomic E-state index is -0.585. The van der Waals surface area contributed by atoms with Crippen molar-refractivity contribution in [2.45, 2.75) is 25.0 Å². The Bertz CT molecular complexity index is 705. The lowest BCUT2D eigenvalue weighted by atomic mass is 9.95. The summed E-state index contributed by atoms with van der Waals surface area (Å²) in [6.45, 7) is 1.35. The van der Waals surface area contributed by atoms with Crippen molar-refractivity contribution in [2.24, 2.45) is 5.73 Å². The standard InChI is InChI=1S/C22H34F2N4O/c1-26-11-9-18(25)14-28(3)21(13-23)22(29-4)17-7-5-16(6-8-17)19-10-12-27(2)15-20(19)24/h5-8,14,21-22,26H,9-13,15,25H2,1-4H3/b18-14-/t21-,22-/m1/s1. The summed E-state index contributed by atoms with van der Waals surface area (Å²) >= 11 is 0. The van der Waals surface area contributed by atoms with Crippen LogP contribution < -0.4 is 11.1 Å². The Morgan fingerprint density at radius 1 is 1.38 bits per heavy atom. The zero-order valence-corrected chi connectivity index (χ0v) is 17.9. The molecule has 162 valence electrons. The minimum absolute atomic E-state index is 0.0849. The Balaban J connectivity index is 2.18. The highest BCUT2D eigenvalue weighted by Crippen LogP contribution is 2.30. The van der Waals surface area contributed by atoms with Crippen molar-refractivity contribution in [3.63, 3.8) is 0 Å². The minimum Gasteiger partial charge on any atom is -0.401 e. The summed E-state index contributed by atoms with van der Waals surface area (Å²) in [5, 5.41) is 3.04. The molecule has 0 unspecified atom stereocenters. The van der Waals surface area contributed by atoms with Crippen LogP contribution in [0.15, 0.2) is 42.0 Å². The molecule has 29 heavy (non-hydrogen) atoms. The average molecular weight is 409 g/mol. The molecule has 1 aromatic rings. The van der Waals surface area contributed by atoms with Crippen LogP contribution in [0.25, 0.3) is 5.57 Å². The molecule has 5 nitrogen and oxygen atoms in total. The van der Waals surface area contributed by atoms with E-state index in [1.807, 2.05) is 43.3 Å². The van der Waals surface area contributed by atoms with Crippen molar-refractivity contribution in [1.82, 2.24) is 15.1 Å². The van der Waals surface area contributed by atoms with Gasteiger partial charge < -0.3 is 20.7 Å². The van der Waals surface area contributed by atoms with Gasteiger partial charge in [-0.05, 0) is 37.2 Å². The van der Waals surface area contributed by atoms with E-state index in [-0.39, 0.29) is 5.83 Å². The second kappa shape index (κ2) is 11.3. The quantitative estimate of drug-likeness (QED) is 0.623. The Kier molecular flexibility index (Phi) is 9.07. The maximum atomic E-state index is 14.3. The summed E-state index contributed by atoms with van der Waals surface area (Å²) in [5.74, 6) is -0.0849. The lowest BCUT2D eigenvalue weighted by Crippen LogP contribution is -2.37. The van der Waals surface area contributed by atoms with E-state index in [1.165, 1.54) is 0 Å². The summed E-state index contributed by atoms with van der Waals surface area (Å²) in [7, 11) is 7.15. The monoisotopic (exact) mass is 408 g/mol. The number of nitrogens with two attached hydrogens (primary N) is 1. The first-order valence-corrected chi connectivity index (χ1v) is 9.99. The molecule has 0 saturated carbocycles. The number of ether oxygens (including phenoxy) is 1. The van der Waals surface area contributed by atoms with E-state index in [1.54, 1.807) is 25.3 Å². The number of rotatable bonds is 10. The van der Waals surface area contributed by atoms with Crippen molar-refractivity contribution in [1.29, 1.82) is 0 Å². The van der Waals surface area contributed by atoms with Gasteiger partial charge in [-0.1, -0.05) is 24.3 Å². The Morgan fingerprint density at radius 2 is 2.07 bits per heavy atom. The molecule has 0 bridgehead atoms.